The highest BCUT2D eigenvalue weighted by Crippen LogP contribution is 2.27. The summed E-state index contributed by atoms with van der Waals surface area (Å²) in [5.41, 5.74) is 3.24. The van der Waals surface area contributed by atoms with Gasteiger partial charge in [0, 0.05) is 23.3 Å². The molecule has 2 heterocycles. The zero-order chi connectivity index (χ0) is 17.1. The van der Waals surface area contributed by atoms with Crippen LogP contribution in [0.15, 0.2) is 42.6 Å². The van der Waals surface area contributed by atoms with Crippen LogP contribution in [0.4, 0.5) is 0 Å². The Morgan fingerprint density at radius 2 is 1.83 bits per heavy atom. The first-order valence-corrected chi connectivity index (χ1v) is 8.53. The highest BCUT2D eigenvalue weighted by Gasteiger charge is 2.17. The van der Waals surface area contributed by atoms with Crippen molar-refractivity contribution in [2.75, 3.05) is 6.54 Å². The molecule has 1 amide bonds. The summed E-state index contributed by atoms with van der Waals surface area (Å²) in [6.45, 7) is 2.68. The zero-order valence-electron chi connectivity index (χ0n) is 13.2. The summed E-state index contributed by atoms with van der Waals surface area (Å²) >= 11 is 12.1. The molecule has 0 radical (unpaired) electrons. The fourth-order valence-electron chi connectivity index (χ4n) is 2.55. The molecule has 3 rings (SSSR count). The molecule has 3 aromatic rings. The molecule has 0 spiro atoms. The lowest BCUT2D eigenvalue weighted by molar-refractivity contribution is -0.120. The Kier molecular flexibility index (Phi) is 5.07. The predicted molar refractivity (Wildman–Crippen MR) is 97.7 cm³/mol. The number of amides is 1. The Morgan fingerprint density at radius 1 is 1.12 bits per heavy atom. The van der Waals surface area contributed by atoms with E-state index in [-0.39, 0.29) is 12.3 Å². The van der Waals surface area contributed by atoms with E-state index in [9.17, 15) is 4.79 Å². The van der Waals surface area contributed by atoms with Gasteiger partial charge in [0.25, 0.3) is 0 Å². The van der Waals surface area contributed by atoms with Gasteiger partial charge in [-0.25, -0.2) is 4.98 Å². The van der Waals surface area contributed by atoms with Crippen LogP contribution in [0.5, 0.6) is 0 Å². The van der Waals surface area contributed by atoms with Gasteiger partial charge in [-0.2, -0.15) is 0 Å². The van der Waals surface area contributed by atoms with E-state index in [1.165, 1.54) is 0 Å². The maximum absolute atomic E-state index is 12.2. The molecular formula is C18H17Cl2N3O. The Labute approximate surface area is 150 Å². The molecule has 124 valence electrons. The van der Waals surface area contributed by atoms with Crippen molar-refractivity contribution in [3.8, 4) is 11.3 Å². The number of aromatic nitrogens is 2. The lowest BCUT2D eigenvalue weighted by atomic mass is 10.1. The summed E-state index contributed by atoms with van der Waals surface area (Å²) in [6, 6.07) is 11.1. The average Bonchev–Trinajstić information content (AvgIpc) is 2.91. The van der Waals surface area contributed by atoms with Crippen LogP contribution in [-0.4, -0.2) is 21.8 Å². The van der Waals surface area contributed by atoms with Crippen molar-refractivity contribution in [2.45, 2.75) is 19.8 Å². The van der Waals surface area contributed by atoms with Crippen LogP contribution in [0.3, 0.4) is 0 Å². The molecular weight excluding hydrogens is 345 g/mol. The van der Waals surface area contributed by atoms with Crippen molar-refractivity contribution in [2.24, 2.45) is 0 Å². The molecule has 1 aromatic carbocycles. The molecule has 6 heteroatoms. The fourth-order valence-corrected chi connectivity index (χ4v) is 2.84. The minimum Gasteiger partial charge on any atom is -0.356 e. The first kappa shape index (κ1) is 16.8. The van der Waals surface area contributed by atoms with Crippen LogP contribution in [0.2, 0.25) is 10.0 Å². The number of nitrogens with one attached hydrogen (secondary N) is 1. The molecule has 2 aromatic heterocycles. The number of halogens is 2. The number of nitrogens with zero attached hydrogens (tertiary/aromatic N) is 2. The van der Waals surface area contributed by atoms with Gasteiger partial charge in [-0.15, -0.1) is 0 Å². The van der Waals surface area contributed by atoms with Crippen LogP contribution in [-0.2, 0) is 11.2 Å². The van der Waals surface area contributed by atoms with E-state index in [2.05, 4.69) is 10.3 Å². The number of pyridine rings is 1. The normalized spacial score (nSPS) is 11.0. The summed E-state index contributed by atoms with van der Waals surface area (Å²) in [5.74, 6) is -0.0335. The number of hydrogen-bond donors (Lipinski definition) is 1. The van der Waals surface area contributed by atoms with Crippen LogP contribution >= 0.6 is 23.2 Å². The lowest BCUT2D eigenvalue weighted by Crippen LogP contribution is -2.26. The summed E-state index contributed by atoms with van der Waals surface area (Å²) in [5, 5.41) is 4.16. The number of carbonyl (C=O) groups is 1. The standard InChI is InChI=1S/C18H17Cl2N3O/c1-2-9-21-17(24)10-15-18(12-3-5-13(19)6-4-12)22-16-8-7-14(20)11-23(15)16/h3-8,11H,2,9-10H2,1H3,(H,21,24). The SMILES string of the molecule is CCCNC(=O)Cc1c(-c2ccc(Cl)cc2)nc2ccc(Cl)cn12. The van der Waals surface area contributed by atoms with Crippen molar-refractivity contribution in [1.29, 1.82) is 0 Å². The van der Waals surface area contributed by atoms with Crippen LogP contribution in [0.25, 0.3) is 16.9 Å². The summed E-state index contributed by atoms with van der Waals surface area (Å²) < 4.78 is 1.87. The number of benzene rings is 1. The van der Waals surface area contributed by atoms with E-state index < -0.39 is 0 Å². The third-order valence-electron chi connectivity index (χ3n) is 3.70. The van der Waals surface area contributed by atoms with Gasteiger partial charge in [-0.1, -0.05) is 42.3 Å². The van der Waals surface area contributed by atoms with Gasteiger partial charge in [-0.05, 0) is 30.7 Å². The van der Waals surface area contributed by atoms with E-state index >= 15 is 0 Å². The molecule has 1 N–H and O–H groups in total. The zero-order valence-corrected chi connectivity index (χ0v) is 14.7. The predicted octanol–water partition coefficient (Wildman–Crippen LogP) is 4.38. The molecule has 0 aliphatic carbocycles. The molecule has 4 nitrogen and oxygen atoms in total. The second-order valence-electron chi connectivity index (χ2n) is 5.52. The van der Waals surface area contributed by atoms with Crippen molar-refractivity contribution < 1.29 is 4.79 Å². The lowest BCUT2D eigenvalue weighted by Gasteiger charge is -2.07. The number of imidazole rings is 1. The topological polar surface area (TPSA) is 46.4 Å². The van der Waals surface area contributed by atoms with Crippen LogP contribution in [0, 0.1) is 0 Å². The van der Waals surface area contributed by atoms with Gasteiger partial charge in [0.2, 0.25) is 5.91 Å². The number of hydrogen-bond acceptors (Lipinski definition) is 2. The Bertz CT molecular complexity index is 872. The van der Waals surface area contributed by atoms with E-state index in [0.717, 1.165) is 29.0 Å². The number of carbonyl (C=O) groups excluding carboxylic acids is 1. The monoisotopic (exact) mass is 361 g/mol. The molecule has 0 saturated carbocycles. The van der Waals surface area contributed by atoms with Crippen molar-refractivity contribution in [3.05, 3.63) is 58.3 Å². The van der Waals surface area contributed by atoms with E-state index in [1.54, 1.807) is 12.3 Å². The highest BCUT2D eigenvalue weighted by atomic mass is 35.5. The molecule has 0 unspecified atom stereocenters. The molecule has 24 heavy (non-hydrogen) atoms. The maximum Gasteiger partial charge on any atom is 0.226 e. The van der Waals surface area contributed by atoms with Gasteiger partial charge in [0.15, 0.2) is 0 Å². The molecule has 0 fully saturated rings. The third-order valence-corrected chi connectivity index (χ3v) is 4.17. The number of rotatable bonds is 5. The van der Waals surface area contributed by atoms with Crippen molar-refractivity contribution >= 4 is 34.8 Å². The maximum atomic E-state index is 12.2. The van der Waals surface area contributed by atoms with Crippen molar-refractivity contribution in [1.82, 2.24) is 14.7 Å². The quantitative estimate of drug-likeness (QED) is 0.732. The Hall–Kier alpha value is -2.04. The van der Waals surface area contributed by atoms with Gasteiger partial charge in [-0.3, -0.25) is 4.79 Å². The van der Waals surface area contributed by atoms with Crippen LogP contribution < -0.4 is 5.32 Å². The van der Waals surface area contributed by atoms with E-state index in [1.807, 2.05) is 41.7 Å². The summed E-state index contributed by atoms with van der Waals surface area (Å²) in [6.07, 6.45) is 2.92. The fraction of sp³-hybridized carbons (Fsp3) is 0.222. The Morgan fingerprint density at radius 3 is 2.54 bits per heavy atom. The summed E-state index contributed by atoms with van der Waals surface area (Å²) in [7, 11) is 0. The van der Waals surface area contributed by atoms with Gasteiger partial charge >= 0.3 is 0 Å². The highest BCUT2D eigenvalue weighted by molar-refractivity contribution is 6.30. The second kappa shape index (κ2) is 7.24. The van der Waals surface area contributed by atoms with Gasteiger partial charge in [0.1, 0.15) is 5.65 Å². The molecule has 0 bridgehead atoms. The van der Waals surface area contributed by atoms with E-state index in [4.69, 9.17) is 23.2 Å². The first-order valence-electron chi connectivity index (χ1n) is 7.77. The van der Waals surface area contributed by atoms with Gasteiger partial charge in [0.05, 0.1) is 22.8 Å². The first-order chi connectivity index (χ1) is 11.6. The molecule has 0 aliphatic heterocycles. The van der Waals surface area contributed by atoms with E-state index in [0.29, 0.717) is 16.6 Å². The second-order valence-corrected chi connectivity index (χ2v) is 6.39. The minimum absolute atomic E-state index is 0.0335. The Balaban J connectivity index is 2.08. The molecule has 0 aliphatic rings. The van der Waals surface area contributed by atoms with Crippen molar-refractivity contribution in [3.63, 3.8) is 0 Å². The van der Waals surface area contributed by atoms with Crippen LogP contribution in [0.1, 0.15) is 19.0 Å². The molecule has 0 saturated heterocycles. The smallest absolute Gasteiger partial charge is 0.226 e. The minimum atomic E-state index is -0.0335. The third kappa shape index (κ3) is 3.55. The summed E-state index contributed by atoms with van der Waals surface area (Å²) in [4.78, 5) is 16.9. The number of fused-ring (bicyclic) bond motifs is 1. The van der Waals surface area contributed by atoms with Gasteiger partial charge < -0.3 is 9.72 Å². The molecule has 0 atom stereocenters. The largest absolute Gasteiger partial charge is 0.356 e. The average molecular weight is 362 g/mol.